The van der Waals surface area contributed by atoms with Crippen molar-refractivity contribution in [2.75, 3.05) is 5.75 Å². The van der Waals surface area contributed by atoms with Gasteiger partial charge in [-0.3, -0.25) is 4.79 Å². The Morgan fingerprint density at radius 1 is 1.05 bits per heavy atom. The minimum Gasteiger partial charge on any atom is -0.508 e. The minimum absolute atomic E-state index is 0.185. The molecule has 21 heavy (non-hydrogen) atoms. The Bertz CT molecular complexity index is 588. The molecule has 0 saturated heterocycles. The number of thioether (sulfide) groups is 1. The number of hydrogen-bond acceptors (Lipinski definition) is 3. The molecule has 2 aromatic carbocycles. The van der Waals surface area contributed by atoms with Crippen molar-refractivity contribution < 1.29 is 9.90 Å². The van der Waals surface area contributed by atoms with E-state index in [1.165, 1.54) is 17.3 Å². The highest BCUT2D eigenvalue weighted by atomic mass is 32.2. The van der Waals surface area contributed by atoms with E-state index in [9.17, 15) is 9.90 Å². The summed E-state index contributed by atoms with van der Waals surface area (Å²) in [4.78, 5) is 10.9. The Kier molecular flexibility index (Phi) is 5.45. The third-order valence-electron chi connectivity index (χ3n) is 3.54. The Morgan fingerprint density at radius 2 is 1.57 bits per heavy atom. The molecule has 1 atom stereocenters. The fourth-order valence-corrected chi connectivity index (χ4v) is 2.96. The van der Waals surface area contributed by atoms with Crippen molar-refractivity contribution in [3.05, 3.63) is 54.1 Å². The molecule has 0 bridgehead atoms. The summed E-state index contributed by atoms with van der Waals surface area (Å²) >= 11 is 1.39. The van der Waals surface area contributed by atoms with Crippen LogP contribution in [0.5, 0.6) is 5.75 Å². The molecule has 0 saturated carbocycles. The van der Waals surface area contributed by atoms with Crippen LogP contribution in [0.1, 0.15) is 31.7 Å². The zero-order valence-electron chi connectivity index (χ0n) is 12.4. The van der Waals surface area contributed by atoms with Gasteiger partial charge in [0.1, 0.15) is 5.75 Å². The number of phenols is 1. The Balaban J connectivity index is 2.01. The highest BCUT2D eigenvalue weighted by Gasteiger charge is 2.07. The van der Waals surface area contributed by atoms with Crippen LogP contribution in [0, 0.1) is 0 Å². The van der Waals surface area contributed by atoms with Gasteiger partial charge >= 0.3 is 0 Å². The van der Waals surface area contributed by atoms with E-state index in [0.29, 0.717) is 5.92 Å². The van der Waals surface area contributed by atoms with Gasteiger partial charge in [0.2, 0.25) is 0 Å². The molecule has 0 aliphatic heterocycles. The molecule has 1 unspecified atom stereocenters. The van der Waals surface area contributed by atoms with Crippen molar-refractivity contribution in [1.82, 2.24) is 0 Å². The molecule has 0 aliphatic rings. The molecule has 2 aromatic rings. The van der Waals surface area contributed by atoms with Crippen LogP contribution in [0.25, 0.3) is 11.1 Å². The first-order valence-corrected chi connectivity index (χ1v) is 8.07. The zero-order valence-corrected chi connectivity index (χ0v) is 13.2. The van der Waals surface area contributed by atoms with Gasteiger partial charge in [0.25, 0.3) is 0 Å². The second-order valence-corrected chi connectivity index (χ2v) is 6.47. The summed E-state index contributed by atoms with van der Waals surface area (Å²) in [6.45, 7) is 3.80. The van der Waals surface area contributed by atoms with Crippen LogP contribution in [-0.4, -0.2) is 16.0 Å². The molecule has 0 spiro atoms. The molecule has 0 amide bonds. The second kappa shape index (κ2) is 7.32. The quantitative estimate of drug-likeness (QED) is 0.859. The van der Waals surface area contributed by atoms with E-state index in [2.05, 4.69) is 31.2 Å². The summed E-state index contributed by atoms with van der Waals surface area (Å²) in [5.74, 6) is 1.61. The van der Waals surface area contributed by atoms with Crippen molar-refractivity contribution in [2.45, 2.75) is 26.2 Å². The molecule has 0 fully saturated rings. The van der Waals surface area contributed by atoms with Crippen molar-refractivity contribution in [2.24, 2.45) is 0 Å². The molecule has 3 heteroatoms. The number of carbonyl (C=O) groups excluding carboxylic acids is 1. The average molecular weight is 300 g/mol. The molecular weight excluding hydrogens is 280 g/mol. The van der Waals surface area contributed by atoms with Gasteiger partial charge < -0.3 is 5.11 Å². The second-order valence-electron chi connectivity index (χ2n) is 5.20. The minimum atomic E-state index is 0.185. The van der Waals surface area contributed by atoms with Crippen molar-refractivity contribution in [3.63, 3.8) is 0 Å². The standard InChI is InChI=1S/C18H20O2S/c1-13(11-12-21-14(2)19)15-3-5-16(6-4-15)17-7-9-18(20)10-8-17/h3-10,13,20H,11-12H2,1-2H3. The summed E-state index contributed by atoms with van der Waals surface area (Å²) in [6.07, 6.45) is 1.00. The highest BCUT2D eigenvalue weighted by Crippen LogP contribution is 2.26. The third-order valence-corrected chi connectivity index (χ3v) is 4.38. The highest BCUT2D eigenvalue weighted by molar-refractivity contribution is 8.13. The van der Waals surface area contributed by atoms with Crippen LogP contribution in [0.15, 0.2) is 48.5 Å². The molecule has 2 rings (SSSR count). The fourth-order valence-electron chi connectivity index (χ4n) is 2.20. The van der Waals surface area contributed by atoms with E-state index in [-0.39, 0.29) is 10.9 Å². The smallest absolute Gasteiger partial charge is 0.185 e. The molecule has 2 nitrogen and oxygen atoms in total. The lowest BCUT2D eigenvalue weighted by atomic mass is 9.96. The lowest BCUT2D eigenvalue weighted by Crippen LogP contribution is -1.97. The van der Waals surface area contributed by atoms with Gasteiger partial charge in [0, 0.05) is 12.7 Å². The van der Waals surface area contributed by atoms with Gasteiger partial charge in [-0.15, -0.1) is 0 Å². The Hall–Kier alpha value is -1.74. The van der Waals surface area contributed by atoms with Crippen molar-refractivity contribution in [3.8, 4) is 16.9 Å². The van der Waals surface area contributed by atoms with E-state index >= 15 is 0 Å². The molecule has 110 valence electrons. The zero-order chi connectivity index (χ0) is 15.2. The first-order chi connectivity index (χ1) is 10.1. The predicted molar refractivity (Wildman–Crippen MR) is 89.7 cm³/mol. The number of benzene rings is 2. The monoisotopic (exact) mass is 300 g/mol. The predicted octanol–water partition coefficient (Wildman–Crippen LogP) is 4.83. The first kappa shape index (κ1) is 15.6. The number of hydrogen-bond donors (Lipinski definition) is 1. The molecule has 0 aliphatic carbocycles. The van der Waals surface area contributed by atoms with Crippen LogP contribution in [0.3, 0.4) is 0 Å². The topological polar surface area (TPSA) is 37.3 Å². The van der Waals surface area contributed by atoms with Gasteiger partial charge in [-0.2, -0.15) is 0 Å². The van der Waals surface area contributed by atoms with Gasteiger partial charge in [-0.25, -0.2) is 0 Å². The lowest BCUT2D eigenvalue weighted by molar-refractivity contribution is -0.109. The van der Waals surface area contributed by atoms with Gasteiger partial charge in [-0.1, -0.05) is 55.1 Å². The van der Waals surface area contributed by atoms with Crippen LogP contribution < -0.4 is 0 Å². The summed E-state index contributed by atoms with van der Waals surface area (Å²) in [6, 6.07) is 15.7. The SMILES string of the molecule is CC(=O)SCCC(C)c1ccc(-c2ccc(O)cc2)cc1. The fraction of sp³-hybridized carbons (Fsp3) is 0.278. The molecular formula is C18H20O2S. The first-order valence-electron chi connectivity index (χ1n) is 7.09. The summed E-state index contributed by atoms with van der Waals surface area (Å²) in [7, 11) is 0. The maximum absolute atomic E-state index is 10.9. The van der Waals surface area contributed by atoms with Gasteiger partial charge in [0.05, 0.1) is 0 Å². The van der Waals surface area contributed by atoms with Crippen LogP contribution >= 0.6 is 11.8 Å². The molecule has 0 aromatic heterocycles. The van der Waals surface area contributed by atoms with Crippen molar-refractivity contribution >= 4 is 16.9 Å². The number of rotatable bonds is 5. The normalized spacial score (nSPS) is 12.1. The van der Waals surface area contributed by atoms with Crippen LogP contribution in [0.2, 0.25) is 0 Å². The van der Waals surface area contributed by atoms with E-state index in [1.54, 1.807) is 19.1 Å². The van der Waals surface area contributed by atoms with E-state index in [4.69, 9.17) is 0 Å². The summed E-state index contributed by atoms with van der Waals surface area (Å²) in [5.41, 5.74) is 3.53. The summed E-state index contributed by atoms with van der Waals surface area (Å²) in [5, 5.41) is 9.50. The van der Waals surface area contributed by atoms with E-state index in [1.807, 2.05) is 12.1 Å². The van der Waals surface area contributed by atoms with E-state index in [0.717, 1.165) is 23.3 Å². The number of aromatic hydroxyl groups is 1. The van der Waals surface area contributed by atoms with E-state index < -0.39 is 0 Å². The maximum atomic E-state index is 10.9. The van der Waals surface area contributed by atoms with Gasteiger partial charge in [0.15, 0.2) is 5.12 Å². The maximum Gasteiger partial charge on any atom is 0.185 e. The van der Waals surface area contributed by atoms with Crippen LogP contribution in [0.4, 0.5) is 0 Å². The summed E-state index contributed by atoms with van der Waals surface area (Å²) < 4.78 is 0. The molecule has 1 N–H and O–H groups in total. The molecule has 0 radical (unpaired) electrons. The van der Waals surface area contributed by atoms with Crippen molar-refractivity contribution in [1.29, 1.82) is 0 Å². The third kappa shape index (κ3) is 4.64. The Labute approximate surface area is 130 Å². The number of carbonyl (C=O) groups is 1. The average Bonchev–Trinajstić information content (AvgIpc) is 2.48. The largest absolute Gasteiger partial charge is 0.508 e. The van der Waals surface area contributed by atoms with Gasteiger partial charge in [-0.05, 0) is 41.2 Å². The van der Waals surface area contributed by atoms with Crippen LogP contribution in [-0.2, 0) is 4.79 Å². The molecule has 0 heterocycles. The number of phenolic OH excluding ortho intramolecular Hbond substituents is 1. The Morgan fingerprint density at radius 3 is 2.10 bits per heavy atom. The lowest BCUT2D eigenvalue weighted by Gasteiger charge is -2.12.